The molecule has 0 bridgehead atoms. The summed E-state index contributed by atoms with van der Waals surface area (Å²) in [7, 11) is 0. The number of carbonyl (C=O) groups excluding carboxylic acids is 1. The van der Waals surface area contributed by atoms with Crippen LogP contribution >= 0.6 is 0 Å². The van der Waals surface area contributed by atoms with E-state index in [1.54, 1.807) is 17.6 Å². The van der Waals surface area contributed by atoms with Gasteiger partial charge in [-0.25, -0.2) is 0 Å². The number of hydrogen-bond donors (Lipinski definition) is 2. The molecule has 0 radical (unpaired) electrons. The quantitative estimate of drug-likeness (QED) is 0.179. The van der Waals surface area contributed by atoms with Gasteiger partial charge in [0.2, 0.25) is 0 Å². The Bertz CT molecular complexity index is 1700. The molecule has 0 saturated heterocycles. The molecule has 2 aliphatic rings. The summed E-state index contributed by atoms with van der Waals surface area (Å²) in [6, 6.07) is 20.6. The van der Waals surface area contributed by atoms with E-state index in [-0.39, 0.29) is 18.6 Å². The van der Waals surface area contributed by atoms with Crippen LogP contribution < -0.4 is 10.9 Å². The fraction of sp³-hybridized carbons (Fsp3) is 0.364. The number of pyridine rings is 2. The first-order valence-corrected chi connectivity index (χ1v) is 21.1. The number of nitrogens with zero attached hydrogens (tertiary/aromatic N) is 2. The first-order chi connectivity index (χ1) is 19.8. The Morgan fingerprint density at radius 1 is 1.07 bits per heavy atom. The summed E-state index contributed by atoms with van der Waals surface area (Å²) >= 11 is -2.20. The molecule has 2 aliphatic heterocycles. The SMILES string of the molecule is CC[C@]1(O)C(=O)OCc2c1cc1n(c2=O)Cc2c-1nc1ccccc1c2C[CH2][Ge]([CH3])([CH2]C)[CH2]NCc1ccccc1. The van der Waals surface area contributed by atoms with Crippen LogP contribution in [0.2, 0.25) is 16.3 Å². The number of ether oxygens (including phenoxy) is 1. The molecule has 0 saturated carbocycles. The summed E-state index contributed by atoms with van der Waals surface area (Å²) in [5, 5.41) is 19.6. The first-order valence-electron chi connectivity index (χ1n) is 14.6. The molecular weight excluding hydrogens is 575 g/mol. The van der Waals surface area contributed by atoms with Crippen LogP contribution in [0, 0.1) is 0 Å². The van der Waals surface area contributed by atoms with E-state index in [2.05, 4.69) is 54.4 Å². The summed E-state index contributed by atoms with van der Waals surface area (Å²) in [5.74, 6) is 1.82. The molecule has 1 unspecified atom stereocenters. The second kappa shape index (κ2) is 10.9. The Morgan fingerprint density at radius 2 is 1.83 bits per heavy atom. The second-order valence-electron chi connectivity index (χ2n) is 11.8. The Hall–Kier alpha value is -3.27. The van der Waals surface area contributed by atoms with E-state index in [1.165, 1.54) is 21.6 Å². The average Bonchev–Trinajstić information content (AvgIpc) is 3.36. The molecule has 0 fully saturated rings. The van der Waals surface area contributed by atoms with Crippen LogP contribution in [0.15, 0.2) is 65.5 Å². The van der Waals surface area contributed by atoms with Gasteiger partial charge in [0, 0.05) is 0 Å². The Labute approximate surface area is 242 Å². The van der Waals surface area contributed by atoms with Gasteiger partial charge in [0.15, 0.2) is 0 Å². The van der Waals surface area contributed by atoms with Crippen molar-refractivity contribution in [1.82, 2.24) is 14.9 Å². The molecule has 8 heteroatoms. The van der Waals surface area contributed by atoms with Crippen LogP contribution in [0.4, 0.5) is 0 Å². The Kier molecular flexibility index (Phi) is 7.38. The second-order valence-corrected chi connectivity index (χ2v) is 22.7. The number of carbonyl (C=O) groups is 1. The number of aryl methyl sites for hydroxylation is 1. The van der Waals surface area contributed by atoms with Crippen molar-refractivity contribution in [1.29, 1.82) is 0 Å². The number of cyclic esters (lactones) is 1. The molecule has 2 aromatic heterocycles. The zero-order valence-electron chi connectivity index (χ0n) is 24.0. The van der Waals surface area contributed by atoms with Crippen molar-refractivity contribution in [3.8, 4) is 11.4 Å². The maximum absolute atomic E-state index is 13.7. The van der Waals surface area contributed by atoms with Crippen molar-refractivity contribution in [3.63, 3.8) is 0 Å². The van der Waals surface area contributed by atoms with E-state index in [1.807, 2.05) is 18.2 Å². The molecule has 0 amide bonds. The molecule has 2 aromatic carbocycles. The molecule has 2 N–H and O–H groups in total. The number of esters is 1. The van der Waals surface area contributed by atoms with Crippen molar-refractivity contribution in [2.24, 2.45) is 0 Å². The van der Waals surface area contributed by atoms with Gasteiger partial charge in [-0.2, -0.15) is 0 Å². The third-order valence-electron chi connectivity index (χ3n) is 9.27. The number of hydrogen-bond acceptors (Lipinski definition) is 6. The van der Waals surface area contributed by atoms with Crippen molar-refractivity contribution in [2.45, 2.75) is 68.2 Å². The standard InChI is InChI=1S/C33H37GeN3O4/c1-4-33(40)27-17-29-30-25(19-37(29)31(38)26(27)20-41-32(33)39)23(24-13-9-10-14-28(24)36-30)15-16-34(3,5-2)21-35-18-22-11-7-6-8-12-22/h6-14,17,35,40H,4-5,15-16,18-21H2,1-3H3/t33-,34?/m1/s1. The molecule has 41 heavy (non-hydrogen) atoms. The minimum atomic E-state index is -2.20. The summed E-state index contributed by atoms with van der Waals surface area (Å²) in [4.78, 5) is 31.3. The van der Waals surface area contributed by atoms with E-state index < -0.39 is 24.8 Å². The van der Waals surface area contributed by atoms with Crippen molar-refractivity contribution < 1.29 is 14.6 Å². The summed E-state index contributed by atoms with van der Waals surface area (Å²) in [5.41, 5.74) is 4.67. The van der Waals surface area contributed by atoms with Crippen LogP contribution in [-0.4, -0.2) is 39.3 Å². The minimum absolute atomic E-state index is 0.118. The van der Waals surface area contributed by atoms with E-state index in [9.17, 15) is 14.7 Å². The van der Waals surface area contributed by atoms with Gasteiger partial charge in [-0.3, -0.25) is 0 Å². The normalized spacial score (nSPS) is 18.9. The van der Waals surface area contributed by atoms with Crippen molar-refractivity contribution in [3.05, 3.63) is 98.8 Å². The number of aliphatic hydroxyl groups is 1. The van der Waals surface area contributed by atoms with Crippen molar-refractivity contribution in [2.75, 3.05) is 5.38 Å². The van der Waals surface area contributed by atoms with Gasteiger partial charge in [-0.15, -0.1) is 0 Å². The van der Waals surface area contributed by atoms with E-state index in [0.29, 0.717) is 23.4 Å². The molecule has 4 aromatic rings. The van der Waals surface area contributed by atoms with Gasteiger partial charge < -0.3 is 0 Å². The molecular formula is C33H37GeN3O4. The molecule has 0 spiro atoms. The summed E-state index contributed by atoms with van der Waals surface area (Å²) in [6.45, 7) is 5.26. The molecule has 0 aliphatic carbocycles. The average molecular weight is 612 g/mol. The van der Waals surface area contributed by atoms with Gasteiger partial charge in [0.25, 0.3) is 0 Å². The predicted molar refractivity (Wildman–Crippen MR) is 163 cm³/mol. The van der Waals surface area contributed by atoms with E-state index >= 15 is 0 Å². The maximum atomic E-state index is 13.7. The van der Waals surface area contributed by atoms with Gasteiger partial charge in [-0.1, -0.05) is 0 Å². The van der Waals surface area contributed by atoms with Gasteiger partial charge in [-0.05, 0) is 0 Å². The van der Waals surface area contributed by atoms with Crippen LogP contribution in [0.3, 0.4) is 0 Å². The summed E-state index contributed by atoms with van der Waals surface area (Å²) in [6.07, 6.45) is 1.07. The Morgan fingerprint density at radius 3 is 2.59 bits per heavy atom. The summed E-state index contributed by atoms with van der Waals surface area (Å²) < 4.78 is 6.99. The third-order valence-corrected chi connectivity index (χ3v) is 18.2. The number of rotatable bonds is 9. The molecule has 212 valence electrons. The number of aromatic nitrogens is 2. The molecule has 4 heterocycles. The van der Waals surface area contributed by atoms with Crippen LogP contribution in [0.5, 0.6) is 0 Å². The van der Waals surface area contributed by atoms with E-state index in [4.69, 9.17) is 9.72 Å². The number of para-hydroxylation sites is 1. The van der Waals surface area contributed by atoms with E-state index in [0.717, 1.165) is 40.5 Å². The van der Waals surface area contributed by atoms with Gasteiger partial charge in [0.1, 0.15) is 0 Å². The topological polar surface area (TPSA) is 93.5 Å². The van der Waals surface area contributed by atoms with Crippen LogP contribution in [-0.2, 0) is 41.2 Å². The van der Waals surface area contributed by atoms with Crippen LogP contribution in [0.25, 0.3) is 22.3 Å². The number of benzene rings is 2. The Balaban J connectivity index is 1.36. The van der Waals surface area contributed by atoms with Gasteiger partial charge >= 0.3 is 243 Å². The van der Waals surface area contributed by atoms with Crippen LogP contribution in [0.1, 0.15) is 48.1 Å². The number of fused-ring (bicyclic) bond motifs is 5. The van der Waals surface area contributed by atoms with Crippen molar-refractivity contribution >= 4 is 30.1 Å². The zero-order valence-corrected chi connectivity index (χ0v) is 26.1. The molecule has 2 atom stereocenters. The molecule has 7 nitrogen and oxygen atoms in total. The fourth-order valence-electron chi connectivity index (χ4n) is 6.32. The number of nitrogens with one attached hydrogen (secondary N) is 1. The predicted octanol–water partition coefficient (Wildman–Crippen LogP) is 5.05. The molecule has 6 rings (SSSR count). The fourth-order valence-corrected chi connectivity index (χ4v) is 11.3. The third kappa shape index (κ3) is 4.84. The monoisotopic (exact) mass is 613 g/mol. The zero-order chi connectivity index (χ0) is 28.8. The first kappa shape index (κ1) is 27.9. The van der Waals surface area contributed by atoms with Gasteiger partial charge in [0.05, 0.1) is 0 Å².